The lowest BCUT2D eigenvalue weighted by Crippen LogP contribution is -2.18. The number of furan rings is 1. The molecule has 1 aromatic heterocycles. The third-order valence-corrected chi connectivity index (χ3v) is 3.40. The quantitative estimate of drug-likeness (QED) is 0.876. The zero-order chi connectivity index (χ0) is 13.9. The third kappa shape index (κ3) is 3.71. The molecule has 0 amide bonds. The van der Waals surface area contributed by atoms with E-state index >= 15 is 0 Å². The molecule has 0 spiro atoms. The maximum atomic E-state index is 5.39. The summed E-state index contributed by atoms with van der Waals surface area (Å²) in [5.41, 5.74) is 2.88. The van der Waals surface area contributed by atoms with Gasteiger partial charge in [-0.3, -0.25) is 0 Å². The monoisotopic (exact) mass is 257 g/mol. The van der Waals surface area contributed by atoms with Crippen molar-refractivity contribution in [2.75, 3.05) is 0 Å². The zero-order valence-electron chi connectivity index (χ0n) is 12.2. The molecule has 19 heavy (non-hydrogen) atoms. The molecule has 0 radical (unpaired) electrons. The van der Waals surface area contributed by atoms with Crippen LogP contribution in [0.25, 0.3) is 0 Å². The van der Waals surface area contributed by atoms with Crippen LogP contribution < -0.4 is 5.32 Å². The molecule has 0 fully saturated rings. The first-order chi connectivity index (χ1) is 8.97. The second-order valence-electron chi connectivity index (χ2n) is 6.06. The Morgan fingerprint density at radius 1 is 1.11 bits per heavy atom. The minimum absolute atomic E-state index is 0.216. The van der Waals surface area contributed by atoms with Crippen LogP contribution in [0.3, 0.4) is 0 Å². The smallest absolute Gasteiger partial charge is 0.120 e. The summed E-state index contributed by atoms with van der Waals surface area (Å²) in [6.07, 6.45) is 1.71. The minimum Gasteiger partial charge on any atom is -0.468 e. The van der Waals surface area contributed by atoms with E-state index in [1.165, 1.54) is 11.1 Å². The Balaban J connectivity index is 1.93. The number of nitrogens with one attached hydrogen (secondary N) is 1. The SMILES string of the molecule is C[C@H](NCc1ccc(C(C)(C)C)cc1)c1ccco1. The van der Waals surface area contributed by atoms with E-state index in [0.29, 0.717) is 0 Å². The predicted octanol–water partition coefficient (Wildman–Crippen LogP) is 4.43. The molecular formula is C17H23NO. The van der Waals surface area contributed by atoms with Crippen molar-refractivity contribution < 1.29 is 4.42 Å². The molecule has 1 N–H and O–H groups in total. The van der Waals surface area contributed by atoms with Crippen molar-refractivity contribution in [3.8, 4) is 0 Å². The highest BCUT2D eigenvalue weighted by Gasteiger charge is 2.13. The molecule has 2 aromatic rings. The Kier molecular flexibility index (Phi) is 4.11. The molecule has 2 heteroatoms. The van der Waals surface area contributed by atoms with E-state index in [4.69, 9.17) is 4.42 Å². The van der Waals surface area contributed by atoms with Crippen LogP contribution >= 0.6 is 0 Å². The van der Waals surface area contributed by atoms with Gasteiger partial charge >= 0.3 is 0 Å². The van der Waals surface area contributed by atoms with Crippen molar-refractivity contribution in [3.63, 3.8) is 0 Å². The Labute approximate surface area is 115 Å². The van der Waals surface area contributed by atoms with Crippen LogP contribution in [0.5, 0.6) is 0 Å². The van der Waals surface area contributed by atoms with Crippen LogP contribution in [0, 0.1) is 0 Å². The van der Waals surface area contributed by atoms with Crippen molar-refractivity contribution in [3.05, 3.63) is 59.5 Å². The second kappa shape index (κ2) is 5.62. The molecule has 2 nitrogen and oxygen atoms in total. The summed E-state index contributed by atoms with van der Waals surface area (Å²) < 4.78 is 5.39. The normalized spacial score (nSPS) is 13.5. The lowest BCUT2D eigenvalue weighted by molar-refractivity contribution is 0.430. The fourth-order valence-corrected chi connectivity index (χ4v) is 2.03. The number of hydrogen-bond acceptors (Lipinski definition) is 2. The van der Waals surface area contributed by atoms with Gasteiger partial charge in [-0.15, -0.1) is 0 Å². The lowest BCUT2D eigenvalue weighted by atomic mass is 9.87. The fraction of sp³-hybridized carbons (Fsp3) is 0.412. The van der Waals surface area contributed by atoms with E-state index < -0.39 is 0 Å². The highest BCUT2D eigenvalue weighted by molar-refractivity contribution is 5.27. The van der Waals surface area contributed by atoms with E-state index in [1.54, 1.807) is 6.26 Å². The average molecular weight is 257 g/mol. The molecule has 1 heterocycles. The van der Waals surface area contributed by atoms with Gasteiger partial charge in [0.25, 0.3) is 0 Å². The van der Waals surface area contributed by atoms with Gasteiger partial charge in [0.15, 0.2) is 0 Å². The highest BCUT2D eigenvalue weighted by Crippen LogP contribution is 2.22. The van der Waals surface area contributed by atoms with Crippen molar-refractivity contribution in [2.24, 2.45) is 0 Å². The van der Waals surface area contributed by atoms with E-state index in [-0.39, 0.29) is 11.5 Å². The average Bonchev–Trinajstić information content (AvgIpc) is 2.89. The summed E-state index contributed by atoms with van der Waals surface area (Å²) in [4.78, 5) is 0. The number of rotatable bonds is 4. The van der Waals surface area contributed by atoms with Crippen LogP contribution in [0.15, 0.2) is 47.1 Å². The predicted molar refractivity (Wildman–Crippen MR) is 79.1 cm³/mol. The highest BCUT2D eigenvalue weighted by atomic mass is 16.3. The summed E-state index contributed by atoms with van der Waals surface area (Å²) in [7, 11) is 0. The van der Waals surface area contributed by atoms with Crippen molar-refractivity contribution in [1.82, 2.24) is 5.32 Å². The molecule has 1 aromatic carbocycles. The molecule has 0 saturated heterocycles. The fourth-order valence-electron chi connectivity index (χ4n) is 2.03. The summed E-state index contributed by atoms with van der Waals surface area (Å²) in [6.45, 7) is 9.67. The van der Waals surface area contributed by atoms with Gasteiger partial charge in [0, 0.05) is 6.54 Å². The molecule has 0 unspecified atom stereocenters. The van der Waals surface area contributed by atoms with Crippen LogP contribution in [0.4, 0.5) is 0 Å². The Hall–Kier alpha value is -1.54. The number of hydrogen-bond donors (Lipinski definition) is 1. The second-order valence-corrected chi connectivity index (χ2v) is 6.06. The van der Waals surface area contributed by atoms with Gasteiger partial charge in [-0.2, -0.15) is 0 Å². The molecule has 102 valence electrons. The van der Waals surface area contributed by atoms with Gasteiger partial charge in [-0.25, -0.2) is 0 Å². The largest absolute Gasteiger partial charge is 0.468 e. The van der Waals surface area contributed by atoms with Crippen LogP contribution in [-0.4, -0.2) is 0 Å². The Morgan fingerprint density at radius 3 is 2.32 bits per heavy atom. The molecule has 0 bridgehead atoms. The molecule has 2 rings (SSSR count). The molecule has 0 aliphatic heterocycles. The molecule has 0 aliphatic carbocycles. The van der Waals surface area contributed by atoms with E-state index in [0.717, 1.165) is 12.3 Å². The molecule has 0 saturated carbocycles. The first kappa shape index (κ1) is 13.9. The maximum Gasteiger partial charge on any atom is 0.120 e. The van der Waals surface area contributed by atoms with E-state index in [9.17, 15) is 0 Å². The number of benzene rings is 1. The standard InChI is InChI=1S/C17H23NO/c1-13(16-6-5-11-19-16)18-12-14-7-9-15(10-8-14)17(2,3)4/h5-11,13,18H,12H2,1-4H3/t13-/m0/s1. The molecule has 0 aliphatic rings. The lowest BCUT2D eigenvalue weighted by Gasteiger charge is -2.19. The van der Waals surface area contributed by atoms with Gasteiger partial charge in [0.1, 0.15) is 5.76 Å². The van der Waals surface area contributed by atoms with Crippen molar-refractivity contribution in [2.45, 2.75) is 45.7 Å². The zero-order valence-corrected chi connectivity index (χ0v) is 12.2. The Bertz CT molecular complexity index is 491. The van der Waals surface area contributed by atoms with Crippen molar-refractivity contribution in [1.29, 1.82) is 0 Å². The minimum atomic E-state index is 0.216. The molecular weight excluding hydrogens is 234 g/mol. The van der Waals surface area contributed by atoms with Crippen LogP contribution in [-0.2, 0) is 12.0 Å². The maximum absolute atomic E-state index is 5.39. The Morgan fingerprint density at radius 2 is 1.79 bits per heavy atom. The van der Waals surface area contributed by atoms with Gasteiger partial charge in [0.2, 0.25) is 0 Å². The summed E-state index contributed by atoms with van der Waals surface area (Å²) in [6, 6.07) is 13.0. The van der Waals surface area contributed by atoms with Crippen molar-refractivity contribution >= 4 is 0 Å². The topological polar surface area (TPSA) is 25.2 Å². The summed E-state index contributed by atoms with van der Waals surface area (Å²) in [5.74, 6) is 0.978. The van der Waals surface area contributed by atoms with Gasteiger partial charge in [-0.1, -0.05) is 45.0 Å². The first-order valence-corrected chi connectivity index (χ1v) is 6.83. The van der Waals surface area contributed by atoms with E-state index in [1.807, 2.05) is 12.1 Å². The summed E-state index contributed by atoms with van der Waals surface area (Å²) >= 11 is 0. The van der Waals surface area contributed by atoms with Crippen LogP contribution in [0.2, 0.25) is 0 Å². The first-order valence-electron chi connectivity index (χ1n) is 6.83. The van der Waals surface area contributed by atoms with Crippen LogP contribution in [0.1, 0.15) is 50.6 Å². The summed E-state index contributed by atoms with van der Waals surface area (Å²) in [5, 5.41) is 3.47. The third-order valence-electron chi connectivity index (χ3n) is 3.40. The van der Waals surface area contributed by atoms with Gasteiger partial charge in [-0.05, 0) is 35.6 Å². The van der Waals surface area contributed by atoms with Gasteiger partial charge < -0.3 is 9.73 Å². The molecule has 1 atom stereocenters. The van der Waals surface area contributed by atoms with Gasteiger partial charge in [0.05, 0.1) is 12.3 Å². The van der Waals surface area contributed by atoms with E-state index in [2.05, 4.69) is 57.3 Å².